The van der Waals surface area contributed by atoms with E-state index in [0.29, 0.717) is 0 Å². The number of nitrogens with zero attached hydrogens (tertiary/aromatic N) is 2. The second-order valence-electron chi connectivity index (χ2n) is 4.80. The van der Waals surface area contributed by atoms with E-state index in [1.807, 2.05) is 0 Å². The van der Waals surface area contributed by atoms with Gasteiger partial charge >= 0.3 is 0 Å². The van der Waals surface area contributed by atoms with Crippen molar-refractivity contribution in [3.8, 4) is 0 Å². The molecule has 0 bridgehead atoms. The third-order valence-corrected chi connectivity index (χ3v) is 3.65. The van der Waals surface area contributed by atoms with Gasteiger partial charge in [0.25, 0.3) is 0 Å². The first-order valence-electron chi connectivity index (χ1n) is 6.31. The summed E-state index contributed by atoms with van der Waals surface area (Å²) in [6, 6.07) is 1.45. The van der Waals surface area contributed by atoms with Crippen LogP contribution < -0.4 is 5.73 Å². The molecule has 0 radical (unpaired) electrons. The Balaban J connectivity index is 2.60. The van der Waals surface area contributed by atoms with Crippen molar-refractivity contribution >= 4 is 0 Å². The van der Waals surface area contributed by atoms with Crippen molar-refractivity contribution in [3.63, 3.8) is 0 Å². The molecule has 0 aromatic carbocycles. The van der Waals surface area contributed by atoms with Crippen LogP contribution in [0.25, 0.3) is 0 Å². The van der Waals surface area contributed by atoms with Gasteiger partial charge in [0.05, 0.1) is 0 Å². The SMILES string of the molecule is CCN(CCN)[C@@H]1CCCC[C@H]1N(C)C. The summed E-state index contributed by atoms with van der Waals surface area (Å²) in [5.41, 5.74) is 5.68. The largest absolute Gasteiger partial charge is 0.329 e. The van der Waals surface area contributed by atoms with E-state index >= 15 is 0 Å². The lowest BCUT2D eigenvalue weighted by Gasteiger charge is -2.42. The van der Waals surface area contributed by atoms with Crippen LogP contribution in [-0.2, 0) is 0 Å². The molecule has 0 aliphatic heterocycles. The molecule has 1 aliphatic rings. The van der Waals surface area contributed by atoms with Crippen LogP contribution in [0.2, 0.25) is 0 Å². The van der Waals surface area contributed by atoms with Gasteiger partial charge in [-0.05, 0) is 33.5 Å². The third kappa shape index (κ3) is 3.44. The summed E-state index contributed by atoms with van der Waals surface area (Å²) >= 11 is 0. The van der Waals surface area contributed by atoms with Crippen LogP contribution in [0, 0.1) is 0 Å². The van der Waals surface area contributed by atoms with Crippen LogP contribution in [0.1, 0.15) is 32.6 Å². The molecule has 0 amide bonds. The number of hydrogen-bond acceptors (Lipinski definition) is 3. The van der Waals surface area contributed by atoms with Gasteiger partial charge in [-0.15, -0.1) is 0 Å². The quantitative estimate of drug-likeness (QED) is 0.743. The Morgan fingerprint density at radius 2 is 1.73 bits per heavy atom. The maximum Gasteiger partial charge on any atom is 0.0251 e. The fourth-order valence-corrected chi connectivity index (χ4v) is 2.84. The van der Waals surface area contributed by atoms with E-state index in [2.05, 4.69) is 30.8 Å². The first kappa shape index (κ1) is 12.9. The lowest BCUT2D eigenvalue weighted by Crippen LogP contribution is -2.52. The van der Waals surface area contributed by atoms with Crippen LogP contribution in [0.3, 0.4) is 0 Å². The monoisotopic (exact) mass is 213 g/mol. The maximum atomic E-state index is 5.68. The van der Waals surface area contributed by atoms with Gasteiger partial charge in [0.15, 0.2) is 0 Å². The zero-order chi connectivity index (χ0) is 11.3. The standard InChI is InChI=1S/C12H27N3/c1-4-15(10-9-13)12-8-6-5-7-11(12)14(2)3/h11-12H,4-10,13H2,1-3H3/t11-,12-/m1/s1. The zero-order valence-corrected chi connectivity index (χ0v) is 10.6. The lowest BCUT2D eigenvalue weighted by molar-refractivity contribution is 0.0796. The van der Waals surface area contributed by atoms with Gasteiger partial charge in [-0.1, -0.05) is 19.8 Å². The summed E-state index contributed by atoms with van der Waals surface area (Å²) in [5, 5.41) is 0. The molecule has 1 fully saturated rings. The number of hydrogen-bond donors (Lipinski definition) is 1. The molecule has 2 atom stereocenters. The molecule has 90 valence electrons. The van der Waals surface area contributed by atoms with Gasteiger partial charge < -0.3 is 10.6 Å². The van der Waals surface area contributed by atoms with Crippen molar-refractivity contribution in [1.82, 2.24) is 9.80 Å². The van der Waals surface area contributed by atoms with Crippen molar-refractivity contribution in [2.24, 2.45) is 5.73 Å². The Kier molecular flexibility index (Phi) is 5.58. The van der Waals surface area contributed by atoms with Crippen molar-refractivity contribution < 1.29 is 0 Å². The van der Waals surface area contributed by atoms with Crippen molar-refractivity contribution in [2.45, 2.75) is 44.7 Å². The molecule has 0 heterocycles. The van der Waals surface area contributed by atoms with E-state index in [1.54, 1.807) is 0 Å². The molecule has 3 heteroatoms. The average molecular weight is 213 g/mol. The van der Waals surface area contributed by atoms with Crippen molar-refractivity contribution in [1.29, 1.82) is 0 Å². The first-order chi connectivity index (χ1) is 7.20. The lowest BCUT2D eigenvalue weighted by atomic mass is 9.88. The predicted octanol–water partition coefficient (Wildman–Crippen LogP) is 1.14. The van der Waals surface area contributed by atoms with Crippen LogP contribution in [-0.4, -0.2) is 55.6 Å². The number of likely N-dealkylation sites (N-methyl/N-ethyl adjacent to an activating group) is 2. The van der Waals surface area contributed by atoms with E-state index in [1.165, 1.54) is 25.7 Å². The van der Waals surface area contributed by atoms with Crippen LogP contribution in [0.4, 0.5) is 0 Å². The minimum absolute atomic E-state index is 0.724. The highest BCUT2D eigenvalue weighted by Crippen LogP contribution is 2.25. The maximum absolute atomic E-state index is 5.68. The highest BCUT2D eigenvalue weighted by Gasteiger charge is 2.30. The molecule has 1 saturated carbocycles. The second kappa shape index (κ2) is 6.46. The summed E-state index contributed by atoms with van der Waals surface area (Å²) in [4.78, 5) is 4.95. The molecule has 3 nitrogen and oxygen atoms in total. The molecule has 0 aromatic heterocycles. The number of rotatable bonds is 5. The van der Waals surface area contributed by atoms with Crippen molar-refractivity contribution in [2.75, 3.05) is 33.7 Å². The minimum Gasteiger partial charge on any atom is -0.329 e. The van der Waals surface area contributed by atoms with Gasteiger partial charge in [0, 0.05) is 25.2 Å². The molecule has 0 unspecified atom stereocenters. The Morgan fingerprint density at radius 1 is 1.13 bits per heavy atom. The van der Waals surface area contributed by atoms with Gasteiger partial charge in [-0.2, -0.15) is 0 Å². The van der Waals surface area contributed by atoms with E-state index < -0.39 is 0 Å². The highest BCUT2D eigenvalue weighted by atomic mass is 15.2. The molecule has 0 aromatic rings. The van der Waals surface area contributed by atoms with Gasteiger partial charge in [0.2, 0.25) is 0 Å². The van der Waals surface area contributed by atoms with Gasteiger partial charge in [0.1, 0.15) is 0 Å². The molecular weight excluding hydrogens is 186 g/mol. The summed E-state index contributed by atoms with van der Waals surface area (Å²) in [5.74, 6) is 0. The van der Waals surface area contributed by atoms with Crippen LogP contribution in [0.5, 0.6) is 0 Å². The Hall–Kier alpha value is -0.120. The predicted molar refractivity (Wildman–Crippen MR) is 66.0 cm³/mol. The zero-order valence-electron chi connectivity index (χ0n) is 10.6. The molecule has 1 rings (SSSR count). The molecular formula is C12H27N3. The normalized spacial score (nSPS) is 27.6. The fourth-order valence-electron chi connectivity index (χ4n) is 2.84. The summed E-state index contributed by atoms with van der Waals surface area (Å²) in [6.45, 7) is 5.21. The van der Waals surface area contributed by atoms with E-state index in [4.69, 9.17) is 5.73 Å². The Bertz CT molecular complexity index is 170. The van der Waals surface area contributed by atoms with E-state index in [0.717, 1.165) is 31.7 Å². The van der Waals surface area contributed by atoms with E-state index in [9.17, 15) is 0 Å². The topological polar surface area (TPSA) is 32.5 Å². The first-order valence-corrected chi connectivity index (χ1v) is 6.31. The average Bonchev–Trinajstić information content (AvgIpc) is 2.26. The van der Waals surface area contributed by atoms with Crippen LogP contribution in [0.15, 0.2) is 0 Å². The third-order valence-electron chi connectivity index (χ3n) is 3.65. The smallest absolute Gasteiger partial charge is 0.0251 e. The summed E-state index contributed by atoms with van der Waals surface area (Å²) in [6.07, 6.45) is 5.46. The molecule has 0 spiro atoms. The summed E-state index contributed by atoms with van der Waals surface area (Å²) in [7, 11) is 4.42. The van der Waals surface area contributed by atoms with Gasteiger partial charge in [-0.3, -0.25) is 4.90 Å². The number of nitrogens with two attached hydrogens (primary N) is 1. The Morgan fingerprint density at radius 3 is 2.20 bits per heavy atom. The molecule has 1 aliphatic carbocycles. The van der Waals surface area contributed by atoms with Crippen LogP contribution >= 0.6 is 0 Å². The van der Waals surface area contributed by atoms with Gasteiger partial charge in [-0.25, -0.2) is 0 Å². The highest BCUT2D eigenvalue weighted by molar-refractivity contribution is 4.87. The summed E-state index contributed by atoms with van der Waals surface area (Å²) < 4.78 is 0. The molecule has 15 heavy (non-hydrogen) atoms. The minimum atomic E-state index is 0.724. The Labute approximate surface area is 94.6 Å². The molecule has 2 N–H and O–H groups in total. The van der Waals surface area contributed by atoms with Crippen molar-refractivity contribution in [3.05, 3.63) is 0 Å². The fraction of sp³-hybridized carbons (Fsp3) is 1.00. The molecule has 0 saturated heterocycles. The van der Waals surface area contributed by atoms with E-state index in [-0.39, 0.29) is 0 Å². The second-order valence-corrected chi connectivity index (χ2v) is 4.80.